The fourth-order valence-corrected chi connectivity index (χ4v) is 4.36. The van der Waals surface area contributed by atoms with E-state index in [0.717, 1.165) is 30.7 Å². The first-order valence-electron chi connectivity index (χ1n) is 13.7. The molecule has 0 unspecified atom stereocenters. The number of amides is 3. The normalized spacial score (nSPS) is 13.4. The Balaban J connectivity index is 1.22. The Bertz CT molecular complexity index is 1370. The Kier molecular flexibility index (Phi) is 10.1. The summed E-state index contributed by atoms with van der Waals surface area (Å²) < 4.78 is 51.4. The van der Waals surface area contributed by atoms with Crippen LogP contribution in [0.15, 0.2) is 72.8 Å². The van der Waals surface area contributed by atoms with Crippen molar-refractivity contribution in [3.63, 3.8) is 0 Å². The van der Waals surface area contributed by atoms with Crippen molar-refractivity contribution in [2.45, 2.75) is 25.9 Å². The van der Waals surface area contributed by atoms with Crippen LogP contribution in [0.5, 0.6) is 17.2 Å². The van der Waals surface area contributed by atoms with Crippen LogP contribution in [0.2, 0.25) is 0 Å². The van der Waals surface area contributed by atoms with E-state index in [0.29, 0.717) is 23.7 Å². The van der Waals surface area contributed by atoms with Gasteiger partial charge in [-0.05, 0) is 67.1 Å². The first kappa shape index (κ1) is 30.4. The highest BCUT2D eigenvalue weighted by Gasteiger charge is 2.36. The highest BCUT2D eigenvalue weighted by Crippen LogP contribution is 2.32. The minimum absolute atomic E-state index is 0.0841. The molecule has 3 aromatic rings. The van der Waals surface area contributed by atoms with E-state index in [-0.39, 0.29) is 38.6 Å². The van der Waals surface area contributed by atoms with Gasteiger partial charge >= 0.3 is 6.18 Å². The second-order valence-corrected chi connectivity index (χ2v) is 9.70. The molecule has 0 radical (unpaired) electrons. The van der Waals surface area contributed by atoms with Crippen molar-refractivity contribution in [1.82, 2.24) is 15.1 Å². The number of nitrogens with one attached hydrogen (secondary N) is 1. The quantitative estimate of drug-likeness (QED) is 0.324. The Morgan fingerprint density at radius 2 is 1.38 bits per heavy atom. The number of carbonyl (C=O) groups is 3. The van der Waals surface area contributed by atoms with E-state index in [2.05, 4.69) is 12.2 Å². The van der Waals surface area contributed by atoms with Crippen molar-refractivity contribution in [3.05, 3.63) is 89.5 Å². The molecule has 1 aliphatic rings. The summed E-state index contributed by atoms with van der Waals surface area (Å²) in [5.41, 5.74) is -1.06. The summed E-state index contributed by atoms with van der Waals surface area (Å²) in [7, 11) is 0. The van der Waals surface area contributed by atoms with Crippen LogP contribution >= 0.6 is 0 Å². The van der Waals surface area contributed by atoms with Gasteiger partial charge in [0.25, 0.3) is 11.8 Å². The molecule has 0 aliphatic carbocycles. The molecule has 1 fully saturated rings. The van der Waals surface area contributed by atoms with E-state index in [1.807, 2.05) is 12.1 Å². The highest BCUT2D eigenvalue weighted by molar-refractivity contribution is 5.97. The maximum atomic E-state index is 13.3. The largest absolute Gasteiger partial charge is 0.494 e. The number of ether oxygens (including phenoxy) is 2. The summed E-state index contributed by atoms with van der Waals surface area (Å²) in [6.45, 7) is 2.96. The lowest BCUT2D eigenvalue weighted by Gasteiger charge is -2.35. The number of unbranched alkanes of at least 4 members (excludes halogenated alkanes) is 1. The SMILES string of the molecule is CCCCOc1ccc(Oc2ccc(C(=O)NCC(=O)N3CCN(C(=O)c4ccccc4C(F)(F)F)CC3)cc2)cc1. The molecular weight excluding hydrogens is 551 g/mol. The number of carbonyl (C=O) groups excluding carboxylic acids is 3. The molecule has 222 valence electrons. The molecule has 0 aromatic heterocycles. The third-order valence-electron chi connectivity index (χ3n) is 6.73. The Morgan fingerprint density at radius 3 is 2.00 bits per heavy atom. The van der Waals surface area contributed by atoms with Gasteiger partial charge < -0.3 is 24.6 Å². The van der Waals surface area contributed by atoms with E-state index in [9.17, 15) is 27.6 Å². The molecule has 3 aromatic carbocycles. The number of benzene rings is 3. The van der Waals surface area contributed by atoms with E-state index in [4.69, 9.17) is 9.47 Å². The number of halogens is 3. The van der Waals surface area contributed by atoms with Gasteiger partial charge in [-0.15, -0.1) is 0 Å². The van der Waals surface area contributed by atoms with Gasteiger partial charge in [0, 0.05) is 31.7 Å². The summed E-state index contributed by atoms with van der Waals surface area (Å²) in [5, 5.41) is 2.59. The number of hydrogen-bond donors (Lipinski definition) is 1. The van der Waals surface area contributed by atoms with Crippen LogP contribution in [0.25, 0.3) is 0 Å². The zero-order valence-corrected chi connectivity index (χ0v) is 23.2. The average molecular weight is 584 g/mol. The first-order chi connectivity index (χ1) is 20.2. The molecule has 0 saturated carbocycles. The third-order valence-corrected chi connectivity index (χ3v) is 6.73. The monoisotopic (exact) mass is 583 g/mol. The van der Waals surface area contributed by atoms with Crippen LogP contribution in [-0.2, 0) is 11.0 Å². The second-order valence-electron chi connectivity index (χ2n) is 9.70. The molecule has 0 bridgehead atoms. The highest BCUT2D eigenvalue weighted by atomic mass is 19.4. The van der Waals surface area contributed by atoms with E-state index >= 15 is 0 Å². The lowest BCUT2D eigenvalue weighted by Crippen LogP contribution is -2.52. The van der Waals surface area contributed by atoms with Crippen LogP contribution in [0.3, 0.4) is 0 Å². The maximum absolute atomic E-state index is 13.3. The topological polar surface area (TPSA) is 88.2 Å². The predicted molar refractivity (Wildman–Crippen MR) is 150 cm³/mol. The van der Waals surface area contributed by atoms with Crippen molar-refractivity contribution in [3.8, 4) is 17.2 Å². The maximum Gasteiger partial charge on any atom is 0.417 e. The van der Waals surface area contributed by atoms with E-state index < -0.39 is 29.1 Å². The Morgan fingerprint density at radius 1 is 0.810 bits per heavy atom. The summed E-state index contributed by atoms with van der Waals surface area (Å²) in [6.07, 6.45) is -2.61. The van der Waals surface area contributed by atoms with Crippen molar-refractivity contribution >= 4 is 17.7 Å². The van der Waals surface area contributed by atoms with Gasteiger partial charge in [0.05, 0.1) is 24.3 Å². The fraction of sp³-hybridized carbons (Fsp3) is 0.323. The summed E-state index contributed by atoms with van der Waals surface area (Å²) >= 11 is 0. The van der Waals surface area contributed by atoms with Gasteiger partial charge in [0.2, 0.25) is 5.91 Å². The average Bonchev–Trinajstić information content (AvgIpc) is 3.00. The lowest BCUT2D eigenvalue weighted by molar-refractivity contribution is -0.138. The molecule has 11 heteroatoms. The molecule has 4 rings (SSSR count). The minimum atomic E-state index is -4.65. The van der Waals surface area contributed by atoms with Crippen molar-refractivity contribution in [1.29, 1.82) is 0 Å². The second kappa shape index (κ2) is 13.9. The molecule has 0 atom stereocenters. The molecular formula is C31H32F3N3O5. The van der Waals surface area contributed by atoms with Crippen molar-refractivity contribution in [2.24, 2.45) is 0 Å². The van der Waals surface area contributed by atoms with Gasteiger partial charge in [-0.1, -0.05) is 25.5 Å². The summed E-state index contributed by atoms with van der Waals surface area (Å²) in [6, 6.07) is 18.4. The van der Waals surface area contributed by atoms with Crippen LogP contribution in [0.1, 0.15) is 46.0 Å². The minimum Gasteiger partial charge on any atom is -0.494 e. The Hall–Kier alpha value is -4.54. The number of piperazine rings is 1. The molecule has 1 saturated heterocycles. The zero-order valence-electron chi connectivity index (χ0n) is 23.2. The smallest absolute Gasteiger partial charge is 0.417 e. The molecule has 3 amide bonds. The third kappa shape index (κ3) is 8.02. The van der Waals surface area contributed by atoms with Crippen LogP contribution in [0.4, 0.5) is 13.2 Å². The van der Waals surface area contributed by atoms with Gasteiger partial charge in [-0.3, -0.25) is 14.4 Å². The molecule has 8 nitrogen and oxygen atoms in total. The van der Waals surface area contributed by atoms with Crippen LogP contribution in [-0.4, -0.2) is 66.9 Å². The lowest BCUT2D eigenvalue weighted by atomic mass is 10.1. The van der Waals surface area contributed by atoms with Crippen molar-refractivity contribution in [2.75, 3.05) is 39.3 Å². The summed E-state index contributed by atoms with van der Waals surface area (Å²) in [5.74, 6) is 0.387. The number of rotatable bonds is 10. The van der Waals surface area contributed by atoms with Gasteiger partial charge in [-0.25, -0.2) is 0 Å². The zero-order chi connectivity index (χ0) is 30.1. The van der Waals surface area contributed by atoms with E-state index in [1.165, 1.54) is 21.9 Å². The molecule has 42 heavy (non-hydrogen) atoms. The molecule has 0 spiro atoms. The number of alkyl halides is 3. The van der Waals surface area contributed by atoms with Crippen molar-refractivity contribution < 1.29 is 37.0 Å². The number of hydrogen-bond acceptors (Lipinski definition) is 5. The molecule has 1 aliphatic heterocycles. The van der Waals surface area contributed by atoms with Gasteiger partial charge in [0.1, 0.15) is 17.2 Å². The predicted octanol–water partition coefficient (Wildman–Crippen LogP) is 5.39. The van der Waals surface area contributed by atoms with Gasteiger partial charge in [0.15, 0.2) is 0 Å². The Labute approximate surface area is 242 Å². The number of nitrogens with zero attached hydrogens (tertiary/aromatic N) is 2. The van der Waals surface area contributed by atoms with Gasteiger partial charge in [-0.2, -0.15) is 13.2 Å². The summed E-state index contributed by atoms with van der Waals surface area (Å²) in [4.78, 5) is 40.7. The molecule has 1 heterocycles. The van der Waals surface area contributed by atoms with E-state index in [1.54, 1.807) is 36.4 Å². The molecule has 1 N–H and O–H groups in total. The fourth-order valence-electron chi connectivity index (χ4n) is 4.36. The first-order valence-corrected chi connectivity index (χ1v) is 13.7. The standard InChI is InChI=1S/C31H32F3N3O5/c1-2-3-20-41-23-12-14-25(15-13-23)42-24-10-8-22(9-11-24)29(39)35-21-28(38)36-16-18-37(19-17-36)30(40)26-6-4-5-7-27(26)31(32,33)34/h4-15H,2-3,16-21H2,1H3,(H,35,39). The van der Waals surface area contributed by atoms with Crippen LogP contribution < -0.4 is 14.8 Å². The van der Waals surface area contributed by atoms with Crippen LogP contribution in [0, 0.1) is 0 Å².